The zero-order valence-electron chi connectivity index (χ0n) is 14.7. The molecule has 0 aliphatic heterocycles. The van der Waals surface area contributed by atoms with Crippen molar-refractivity contribution in [2.45, 2.75) is 84.0 Å². The Morgan fingerprint density at radius 3 is 1.73 bits per heavy atom. The first kappa shape index (κ1) is 19.1. The van der Waals surface area contributed by atoms with Crippen LogP contribution in [-0.2, 0) is 0 Å². The molecule has 0 aromatic heterocycles. The van der Waals surface area contributed by atoms with Gasteiger partial charge in [-0.15, -0.1) is 0 Å². The summed E-state index contributed by atoms with van der Waals surface area (Å²) in [7, 11) is 0. The summed E-state index contributed by atoms with van der Waals surface area (Å²) in [6.07, 6.45) is 19.1. The first-order chi connectivity index (χ1) is 10.9. The minimum Gasteiger partial charge on any atom is -0.385 e. The van der Waals surface area contributed by atoms with Crippen LogP contribution in [0.25, 0.3) is 0 Å². The molecule has 0 saturated carbocycles. The average molecular weight is 303 g/mol. The lowest BCUT2D eigenvalue weighted by molar-refractivity contribution is 0.547. The normalized spacial score (nSPS) is 10.8. The maximum atomic E-state index is 3.48. The second kappa shape index (κ2) is 14.9. The van der Waals surface area contributed by atoms with Crippen LogP contribution in [0.4, 0.5) is 5.69 Å². The maximum Gasteiger partial charge on any atom is 0.0340 e. The highest BCUT2D eigenvalue weighted by molar-refractivity contribution is 5.42. The second-order valence-corrected chi connectivity index (χ2v) is 6.38. The smallest absolute Gasteiger partial charge is 0.0340 e. The lowest BCUT2D eigenvalue weighted by atomic mass is 10.0. The van der Waals surface area contributed by atoms with Crippen LogP contribution < -0.4 is 5.32 Å². The molecule has 0 aliphatic rings. The Balaban J connectivity index is 1.73. The van der Waals surface area contributed by atoms with Gasteiger partial charge in [0.1, 0.15) is 0 Å². The van der Waals surface area contributed by atoms with Crippen LogP contribution in [0.2, 0.25) is 0 Å². The highest BCUT2D eigenvalue weighted by Gasteiger charge is 1.94. The Morgan fingerprint density at radius 1 is 0.682 bits per heavy atom. The summed E-state index contributed by atoms with van der Waals surface area (Å²) in [6.45, 7) is 3.27. The zero-order chi connectivity index (χ0) is 15.7. The minimum absolute atomic E-state index is 1.11. The van der Waals surface area contributed by atoms with Crippen molar-refractivity contribution >= 4 is 5.69 Å². The lowest BCUT2D eigenvalue weighted by Gasteiger charge is -2.06. The van der Waals surface area contributed by atoms with Gasteiger partial charge in [0.05, 0.1) is 0 Å². The number of para-hydroxylation sites is 1. The van der Waals surface area contributed by atoms with E-state index in [2.05, 4.69) is 49.0 Å². The topological polar surface area (TPSA) is 12.0 Å². The summed E-state index contributed by atoms with van der Waals surface area (Å²) in [5, 5.41) is 3.48. The predicted molar refractivity (Wildman–Crippen MR) is 100 cm³/mol. The number of hydrogen-bond donors (Lipinski definition) is 1. The van der Waals surface area contributed by atoms with Crippen LogP contribution in [0.3, 0.4) is 0 Å². The molecule has 1 aromatic carbocycles. The van der Waals surface area contributed by atoms with E-state index in [9.17, 15) is 0 Å². The van der Waals surface area contributed by atoms with E-state index in [4.69, 9.17) is 0 Å². The largest absolute Gasteiger partial charge is 0.385 e. The molecular weight excluding hydrogens is 266 g/mol. The molecule has 1 aromatic rings. The van der Waals surface area contributed by atoms with Crippen molar-refractivity contribution < 1.29 is 0 Å². The Kier molecular flexibility index (Phi) is 12.9. The van der Waals surface area contributed by atoms with Gasteiger partial charge in [-0.25, -0.2) is 0 Å². The molecule has 0 unspecified atom stereocenters. The van der Waals surface area contributed by atoms with Crippen molar-refractivity contribution in [1.82, 2.24) is 0 Å². The molecule has 1 nitrogen and oxygen atoms in total. The van der Waals surface area contributed by atoms with Crippen molar-refractivity contribution in [3.63, 3.8) is 0 Å². The van der Waals surface area contributed by atoms with Crippen molar-refractivity contribution in [3.8, 4) is 0 Å². The quantitative estimate of drug-likeness (QED) is 0.344. The molecule has 125 valence electrons. The molecule has 1 heteroatoms. The Hall–Kier alpha value is -0.980. The van der Waals surface area contributed by atoms with Gasteiger partial charge in [-0.2, -0.15) is 0 Å². The summed E-state index contributed by atoms with van der Waals surface area (Å²) in [4.78, 5) is 0. The molecule has 0 atom stereocenters. The first-order valence-electron chi connectivity index (χ1n) is 9.50. The summed E-state index contributed by atoms with van der Waals surface area (Å²) in [5.74, 6) is 0. The van der Waals surface area contributed by atoms with Gasteiger partial charge >= 0.3 is 0 Å². The van der Waals surface area contributed by atoms with Crippen molar-refractivity contribution in [1.29, 1.82) is 0 Å². The van der Waals surface area contributed by atoms with E-state index < -0.39 is 0 Å². The van der Waals surface area contributed by atoms with E-state index in [1.54, 1.807) is 0 Å². The molecule has 1 rings (SSSR count). The van der Waals surface area contributed by atoms with Gasteiger partial charge in [-0.05, 0) is 25.0 Å². The summed E-state index contributed by atoms with van der Waals surface area (Å²) in [5.41, 5.74) is 1.25. The van der Waals surface area contributed by atoms with Crippen LogP contribution >= 0.6 is 0 Å². The molecule has 22 heavy (non-hydrogen) atoms. The second-order valence-electron chi connectivity index (χ2n) is 6.38. The fourth-order valence-corrected chi connectivity index (χ4v) is 2.85. The Labute approximate surface area is 138 Å². The molecule has 0 aliphatic carbocycles. The van der Waals surface area contributed by atoms with Crippen LogP contribution in [0.15, 0.2) is 30.3 Å². The standard InChI is InChI=1S/C21H36N/c1-2-3-4-5-6-7-8-9-10-11-12-13-17-20-22-21-18-15-14-16-19-21/h2,14-16,18-19,22H,3-13,17,20H2,1H3. The van der Waals surface area contributed by atoms with Gasteiger partial charge in [0.25, 0.3) is 0 Å². The fourth-order valence-electron chi connectivity index (χ4n) is 2.85. The van der Waals surface area contributed by atoms with Crippen molar-refractivity contribution in [2.75, 3.05) is 11.9 Å². The van der Waals surface area contributed by atoms with E-state index in [1.165, 1.54) is 82.7 Å². The van der Waals surface area contributed by atoms with Crippen molar-refractivity contribution in [3.05, 3.63) is 36.8 Å². The van der Waals surface area contributed by atoms with Crippen LogP contribution in [-0.4, -0.2) is 6.54 Å². The van der Waals surface area contributed by atoms with Gasteiger partial charge in [0.2, 0.25) is 0 Å². The molecule has 1 radical (unpaired) electrons. The molecular formula is C21H36N. The molecule has 0 fully saturated rings. The third-order valence-corrected chi connectivity index (χ3v) is 4.27. The highest BCUT2D eigenvalue weighted by Crippen LogP contribution is 2.12. The molecule has 0 saturated heterocycles. The van der Waals surface area contributed by atoms with E-state index in [-0.39, 0.29) is 0 Å². The van der Waals surface area contributed by atoms with Gasteiger partial charge in [0.15, 0.2) is 0 Å². The predicted octanol–water partition coefficient (Wildman–Crippen LogP) is 7.00. The summed E-state index contributed by atoms with van der Waals surface area (Å²) >= 11 is 0. The van der Waals surface area contributed by atoms with Gasteiger partial charge in [0, 0.05) is 12.2 Å². The minimum atomic E-state index is 1.11. The van der Waals surface area contributed by atoms with E-state index in [0.717, 1.165) is 6.54 Å². The first-order valence-corrected chi connectivity index (χ1v) is 9.50. The Bertz CT molecular complexity index is 320. The number of benzene rings is 1. The number of hydrogen-bond acceptors (Lipinski definition) is 1. The number of unbranched alkanes of at least 4 members (excludes halogenated alkanes) is 12. The Morgan fingerprint density at radius 2 is 1.18 bits per heavy atom. The van der Waals surface area contributed by atoms with Crippen LogP contribution in [0.1, 0.15) is 84.0 Å². The molecule has 0 bridgehead atoms. The fraction of sp³-hybridized carbons (Fsp3) is 0.667. The van der Waals surface area contributed by atoms with E-state index in [0.29, 0.717) is 0 Å². The number of nitrogens with one attached hydrogen (secondary N) is 1. The molecule has 0 heterocycles. The number of anilines is 1. The third-order valence-electron chi connectivity index (χ3n) is 4.27. The molecule has 1 N–H and O–H groups in total. The monoisotopic (exact) mass is 302 g/mol. The van der Waals surface area contributed by atoms with Gasteiger partial charge < -0.3 is 5.32 Å². The highest BCUT2D eigenvalue weighted by atomic mass is 14.9. The third kappa shape index (κ3) is 11.7. The molecule has 0 amide bonds. The van der Waals surface area contributed by atoms with Gasteiger partial charge in [-0.1, -0.05) is 95.8 Å². The van der Waals surface area contributed by atoms with E-state index in [1.807, 2.05) is 0 Å². The maximum absolute atomic E-state index is 3.48. The van der Waals surface area contributed by atoms with Crippen molar-refractivity contribution in [2.24, 2.45) is 0 Å². The molecule has 0 spiro atoms. The average Bonchev–Trinajstić information content (AvgIpc) is 2.56. The van der Waals surface area contributed by atoms with Crippen LogP contribution in [0.5, 0.6) is 0 Å². The SMILES string of the molecule is C[CH]CCCCCCCCCCCCCNc1ccccc1. The lowest BCUT2D eigenvalue weighted by Crippen LogP contribution is -2.00. The van der Waals surface area contributed by atoms with Gasteiger partial charge in [-0.3, -0.25) is 0 Å². The summed E-state index contributed by atoms with van der Waals surface area (Å²) in [6, 6.07) is 10.5. The van der Waals surface area contributed by atoms with E-state index >= 15 is 0 Å². The summed E-state index contributed by atoms with van der Waals surface area (Å²) < 4.78 is 0. The zero-order valence-corrected chi connectivity index (χ0v) is 14.7. The number of rotatable bonds is 15. The van der Waals surface area contributed by atoms with Crippen LogP contribution in [0, 0.1) is 6.42 Å².